The van der Waals surface area contributed by atoms with Crippen LogP contribution in [-0.2, 0) is 21.7 Å². The molecular weight excluding hydrogens is 498 g/mol. The highest BCUT2D eigenvalue weighted by molar-refractivity contribution is 6.31. The summed E-state index contributed by atoms with van der Waals surface area (Å²) in [5.74, 6) is -1.16. The first kappa shape index (κ1) is 25.8. The molecule has 0 saturated carbocycles. The van der Waals surface area contributed by atoms with Crippen LogP contribution in [0.15, 0.2) is 72.8 Å². The summed E-state index contributed by atoms with van der Waals surface area (Å²) in [7, 11) is 0. The van der Waals surface area contributed by atoms with Gasteiger partial charge in [-0.15, -0.1) is 5.71 Å². The molecule has 0 aliphatic carbocycles. The molecule has 194 valence electrons. The summed E-state index contributed by atoms with van der Waals surface area (Å²) in [5.41, 5.74) is 1.35. The highest BCUT2D eigenvalue weighted by Gasteiger charge is 2.67. The van der Waals surface area contributed by atoms with E-state index >= 15 is 0 Å². The molecule has 4 N–H and O–H groups in total. The summed E-state index contributed by atoms with van der Waals surface area (Å²) in [6, 6.07) is 21.5. The maximum atomic E-state index is 10.8. The van der Waals surface area contributed by atoms with Gasteiger partial charge in [-0.1, -0.05) is 60.1 Å². The molecule has 3 aromatic rings. The minimum atomic E-state index is -1.75. The number of hydrogen-bond acceptors (Lipinski definition) is 7. The number of aliphatic hydroxyl groups excluding tert-OH is 4. The molecule has 8 nitrogen and oxygen atoms in total. The summed E-state index contributed by atoms with van der Waals surface area (Å²) < 4.78 is 17.4. The van der Waals surface area contributed by atoms with Gasteiger partial charge < -0.3 is 40.0 Å². The van der Waals surface area contributed by atoms with Crippen molar-refractivity contribution in [3.63, 3.8) is 0 Å². The molecule has 5 atom stereocenters. The number of hydrogen-bond donors (Lipinski definition) is 4. The van der Waals surface area contributed by atoms with Crippen molar-refractivity contribution in [3.05, 3.63) is 105 Å². The molecule has 37 heavy (non-hydrogen) atoms. The Kier molecular flexibility index (Phi) is 7.08. The summed E-state index contributed by atoms with van der Waals surface area (Å²) >= 11 is 6.47. The maximum Gasteiger partial charge on any atom is 0.225 e. The van der Waals surface area contributed by atoms with E-state index < -0.39 is 36.3 Å². The van der Waals surface area contributed by atoms with Gasteiger partial charge in [0.2, 0.25) is 5.79 Å². The molecule has 9 heteroatoms. The van der Waals surface area contributed by atoms with Crippen LogP contribution < -0.4 is 4.74 Å². The Hall–Kier alpha value is -2.82. The molecule has 2 fully saturated rings. The van der Waals surface area contributed by atoms with Crippen LogP contribution in [0.2, 0.25) is 5.02 Å². The molecule has 0 radical (unpaired) electrons. The van der Waals surface area contributed by atoms with Gasteiger partial charge in [0, 0.05) is 10.6 Å². The zero-order chi connectivity index (χ0) is 26.2. The van der Waals surface area contributed by atoms with Gasteiger partial charge in [-0.2, -0.15) is 0 Å². The third kappa shape index (κ3) is 4.66. The second-order valence-electron chi connectivity index (χ2n) is 9.39. The Morgan fingerprint density at radius 1 is 1.00 bits per heavy atom. The summed E-state index contributed by atoms with van der Waals surface area (Å²) in [4.78, 5) is 0. The second-order valence-corrected chi connectivity index (χ2v) is 9.80. The van der Waals surface area contributed by atoms with E-state index in [9.17, 15) is 25.8 Å². The van der Waals surface area contributed by atoms with E-state index in [1.165, 1.54) is 0 Å². The first-order valence-corrected chi connectivity index (χ1v) is 12.3. The quantitative estimate of drug-likeness (QED) is 0.333. The average molecular weight is 525 g/mol. The smallest absolute Gasteiger partial charge is 0.225 e. The standard InChI is InChI=1S/C28H27ClNO7/c29-22-11-8-20(28-26(34)24(32)25(33)27(15-31,37-28)16-36-28)13-19(22)12-17-6-9-21(10-7-17)35-14-23(30)18-4-2-1-3-5-18/h1-11,13,24-26,31-34H,12,14-16H2/q-1/t24-,25-,26+,27-,28-/m0/s1. The molecule has 5 rings (SSSR count). The van der Waals surface area contributed by atoms with E-state index in [4.69, 9.17) is 25.8 Å². The van der Waals surface area contributed by atoms with Crippen molar-refractivity contribution in [2.45, 2.75) is 36.1 Å². The fraction of sp³-hybridized carbons (Fsp3) is 0.321. The highest BCUT2D eigenvalue weighted by Crippen LogP contribution is 2.49. The van der Waals surface area contributed by atoms with Gasteiger partial charge in [0.25, 0.3) is 0 Å². The van der Waals surface area contributed by atoms with E-state index in [1.807, 2.05) is 30.3 Å². The van der Waals surface area contributed by atoms with Crippen molar-refractivity contribution in [1.82, 2.24) is 0 Å². The Morgan fingerprint density at radius 2 is 1.73 bits per heavy atom. The molecule has 0 unspecified atom stereocenters. The van der Waals surface area contributed by atoms with Crippen molar-refractivity contribution in [1.29, 1.82) is 0 Å². The number of ether oxygens (including phenoxy) is 3. The lowest BCUT2D eigenvalue weighted by Crippen LogP contribution is -2.65. The van der Waals surface area contributed by atoms with E-state index in [0.29, 0.717) is 28.3 Å². The van der Waals surface area contributed by atoms with Crippen molar-refractivity contribution in [3.8, 4) is 5.75 Å². The Morgan fingerprint density at radius 3 is 2.43 bits per heavy atom. The topological polar surface area (TPSA) is 131 Å². The van der Waals surface area contributed by atoms with Gasteiger partial charge in [0.05, 0.1) is 19.8 Å². The fourth-order valence-corrected chi connectivity index (χ4v) is 4.98. The van der Waals surface area contributed by atoms with Gasteiger partial charge in [0.15, 0.2) is 0 Å². The molecule has 0 amide bonds. The lowest BCUT2D eigenvalue weighted by Gasteiger charge is -2.46. The van der Waals surface area contributed by atoms with Gasteiger partial charge in [-0.05, 0) is 47.4 Å². The predicted octanol–water partition coefficient (Wildman–Crippen LogP) is 2.40. The van der Waals surface area contributed by atoms with Crippen LogP contribution in [0, 0.1) is 0 Å². The number of halogens is 1. The van der Waals surface area contributed by atoms with Crippen LogP contribution in [-0.4, -0.2) is 69.9 Å². The molecule has 2 saturated heterocycles. The van der Waals surface area contributed by atoms with Gasteiger partial charge in [-0.3, -0.25) is 0 Å². The fourth-order valence-electron chi connectivity index (χ4n) is 4.79. The first-order chi connectivity index (χ1) is 17.8. The zero-order valence-electron chi connectivity index (χ0n) is 19.8. The zero-order valence-corrected chi connectivity index (χ0v) is 20.6. The first-order valence-electron chi connectivity index (χ1n) is 11.9. The Balaban J connectivity index is 1.31. The lowest BCUT2D eigenvalue weighted by atomic mass is 9.83. The molecule has 2 aliphatic rings. The third-order valence-corrected chi connectivity index (χ3v) is 7.35. The van der Waals surface area contributed by atoms with Gasteiger partial charge >= 0.3 is 0 Å². The van der Waals surface area contributed by atoms with Crippen molar-refractivity contribution in [2.24, 2.45) is 0 Å². The minimum absolute atomic E-state index is 0.0392. The molecular formula is C28H27ClNO7-. The molecule has 0 aromatic heterocycles. The van der Waals surface area contributed by atoms with Crippen LogP contribution in [0.4, 0.5) is 0 Å². The van der Waals surface area contributed by atoms with E-state index in [1.54, 1.807) is 42.5 Å². The van der Waals surface area contributed by atoms with E-state index in [0.717, 1.165) is 11.1 Å². The van der Waals surface area contributed by atoms with Crippen LogP contribution in [0.1, 0.15) is 22.3 Å². The number of rotatable bonds is 8. The van der Waals surface area contributed by atoms with Crippen LogP contribution in [0.3, 0.4) is 0 Å². The van der Waals surface area contributed by atoms with Crippen LogP contribution >= 0.6 is 11.6 Å². The minimum Gasteiger partial charge on any atom is -0.804 e. The van der Waals surface area contributed by atoms with Crippen molar-refractivity contribution < 1.29 is 34.6 Å². The predicted molar refractivity (Wildman–Crippen MR) is 137 cm³/mol. The average Bonchev–Trinajstić information content (AvgIpc) is 3.32. The van der Waals surface area contributed by atoms with Crippen LogP contribution in [0.5, 0.6) is 5.75 Å². The SMILES string of the molecule is [N-]=C(COc1ccc(Cc2cc([C@]34OC[C@](CO)(O3)[C@@H](O)[C@H](O)[C@H]4O)ccc2Cl)cc1)c1ccccc1. The number of benzene rings is 3. The Labute approximate surface area is 219 Å². The second kappa shape index (κ2) is 10.2. The lowest BCUT2D eigenvalue weighted by molar-refractivity contribution is -0.329. The largest absolute Gasteiger partial charge is 0.804 e. The van der Waals surface area contributed by atoms with Gasteiger partial charge in [-0.25, -0.2) is 0 Å². The molecule has 2 aliphatic heterocycles. The van der Waals surface area contributed by atoms with Crippen molar-refractivity contribution >= 4 is 17.3 Å². The molecule has 2 heterocycles. The monoisotopic (exact) mass is 524 g/mol. The maximum absolute atomic E-state index is 10.8. The normalized spacial score (nSPS) is 28.7. The van der Waals surface area contributed by atoms with Gasteiger partial charge in [0.1, 0.15) is 29.7 Å². The number of nitrogens with zero attached hydrogens (tertiary/aromatic N) is 1. The van der Waals surface area contributed by atoms with E-state index in [2.05, 4.69) is 0 Å². The number of aliphatic hydroxyl groups is 4. The summed E-state index contributed by atoms with van der Waals surface area (Å²) in [6.45, 7) is -0.748. The summed E-state index contributed by atoms with van der Waals surface area (Å²) in [6.07, 6.45) is -4.23. The third-order valence-electron chi connectivity index (χ3n) is 6.98. The Bertz CT molecular complexity index is 1270. The van der Waals surface area contributed by atoms with E-state index in [-0.39, 0.29) is 18.9 Å². The number of fused-ring (bicyclic) bond motifs is 2. The molecule has 3 aromatic carbocycles. The molecule has 2 bridgehead atoms. The highest BCUT2D eigenvalue weighted by atomic mass is 35.5. The molecule has 0 spiro atoms. The summed E-state index contributed by atoms with van der Waals surface area (Å²) in [5, 5.41) is 52.1. The van der Waals surface area contributed by atoms with Crippen molar-refractivity contribution in [2.75, 3.05) is 19.8 Å². The van der Waals surface area contributed by atoms with Crippen LogP contribution in [0.25, 0.3) is 5.41 Å².